The lowest BCUT2D eigenvalue weighted by Crippen LogP contribution is -2.38. The summed E-state index contributed by atoms with van der Waals surface area (Å²) < 4.78 is 32.2. The van der Waals surface area contributed by atoms with Crippen molar-refractivity contribution in [1.82, 2.24) is 4.90 Å². The number of carbonyl (C=O) groups excluding carboxylic acids is 1. The number of halogens is 2. The van der Waals surface area contributed by atoms with Crippen molar-refractivity contribution in [2.75, 3.05) is 19.8 Å². The van der Waals surface area contributed by atoms with Gasteiger partial charge in [0.05, 0.1) is 6.61 Å². The Balaban J connectivity index is 1.83. The van der Waals surface area contributed by atoms with Crippen LogP contribution in [0.3, 0.4) is 0 Å². The van der Waals surface area contributed by atoms with Crippen molar-refractivity contribution >= 4 is 5.91 Å². The molecule has 0 radical (unpaired) electrons. The number of hydrogen-bond donors (Lipinski definition) is 1. The van der Waals surface area contributed by atoms with Gasteiger partial charge in [0.1, 0.15) is 22.9 Å². The first-order chi connectivity index (χ1) is 10.1. The molecule has 1 aromatic rings. The Labute approximate surface area is 121 Å². The number of aromatic hydroxyl groups is 1. The third-order valence-electron chi connectivity index (χ3n) is 3.98. The van der Waals surface area contributed by atoms with E-state index >= 15 is 0 Å². The summed E-state index contributed by atoms with van der Waals surface area (Å²) >= 11 is 0. The van der Waals surface area contributed by atoms with E-state index in [0.29, 0.717) is 25.8 Å². The van der Waals surface area contributed by atoms with Gasteiger partial charge in [-0.3, -0.25) is 4.79 Å². The molecule has 2 aliphatic rings. The van der Waals surface area contributed by atoms with E-state index in [-0.39, 0.29) is 12.0 Å². The second-order valence-corrected chi connectivity index (χ2v) is 5.70. The first kappa shape index (κ1) is 14.3. The number of benzene rings is 1. The molecule has 0 aromatic heterocycles. The first-order valence-electron chi connectivity index (χ1n) is 7.13. The van der Waals surface area contributed by atoms with Crippen molar-refractivity contribution in [2.45, 2.75) is 25.3 Å². The molecule has 1 saturated carbocycles. The van der Waals surface area contributed by atoms with Crippen molar-refractivity contribution in [3.05, 3.63) is 29.3 Å². The highest BCUT2D eigenvalue weighted by molar-refractivity contribution is 5.97. The van der Waals surface area contributed by atoms with Gasteiger partial charge >= 0.3 is 0 Å². The molecule has 0 bridgehead atoms. The summed E-state index contributed by atoms with van der Waals surface area (Å²) in [5.41, 5.74) is -0.442. The SMILES string of the molecule is O=C(c1c(O)cc(F)cc1F)N(C[C@@H]1CCOC1)C1CC1. The van der Waals surface area contributed by atoms with Gasteiger partial charge in [-0.1, -0.05) is 0 Å². The fourth-order valence-corrected chi connectivity index (χ4v) is 2.70. The Hall–Kier alpha value is -1.69. The molecule has 1 aliphatic carbocycles. The van der Waals surface area contributed by atoms with Crippen LogP contribution in [0.2, 0.25) is 0 Å². The van der Waals surface area contributed by atoms with Gasteiger partial charge in [-0.2, -0.15) is 0 Å². The molecule has 0 spiro atoms. The Kier molecular flexibility index (Phi) is 3.80. The van der Waals surface area contributed by atoms with E-state index in [1.165, 1.54) is 0 Å². The van der Waals surface area contributed by atoms with Gasteiger partial charge in [-0.05, 0) is 19.3 Å². The summed E-state index contributed by atoms with van der Waals surface area (Å²) in [6.07, 6.45) is 2.63. The zero-order chi connectivity index (χ0) is 15.0. The van der Waals surface area contributed by atoms with Crippen molar-refractivity contribution < 1.29 is 23.4 Å². The monoisotopic (exact) mass is 297 g/mol. The summed E-state index contributed by atoms with van der Waals surface area (Å²) in [6.45, 7) is 1.75. The molecule has 2 fully saturated rings. The Morgan fingerprint density at radius 1 is 1.33 bits per heavy atom. The lowest BCUT2D eigenvalue weighted by Gasteiger charge is -2.25. The Morgan fingerprint density at radius 2 is 2.10 bits per heavy atom. The van der Waals surface area contributed by atoms with Gasteiger partial charge in [-0.25, -0.2) is 8.78 Å². The van der Waals surface area contributed by atoms with Crippen molar-refractivity contribution in [1.29, 1.82) is 0 Å². The summed E-state index contributed by atoms with van der Waals surface area (Å²) in [7, 11) is 0. The van der Waals surface area contributed by atoms with Crippen LogP contribution in [0.1, 0.15) is 29.6 Å². The lowest BCUT2D eigenvalue weighted by atomic mass is 10.1. The average molecular weight is 297 g/mol. The molecule has 114 valence electrons. The average Bonchev–Trinajstić information content (AvgIpc) is 3.11. The highest BCUT2D eigenvalue weighted by Gasteiger charge is 2.37. The largest absolute Gasteiger partial charge is 0.507 e. The Bertz CT molecular complexity index is 531. The minimum Gasteiger partial charge on any atom is -0.507 e. The summed E-state index contributed by atoms with van der Waals surface area (Å²) in [5, 5.41) is 9.70. The molecule has 1 amide bonds. The smallest absolute Gasteiger partial charge is 0.260 e. The molecule has 4 nitrogen and oxygen atoms in total. The lowest BCUT2D eigenvalue weighted by molar-refractivity contribution is 0.0698. The van der Waals surface area contributed by atoms with Crippen molar-refractivity contribution in [3.63, 3.8) is 0 Å². The van der Waals surface area contributed by atoms with Crippen LogP contribution in [0.15, 0.2) is 12.1 Å². The molecule has 1 aliphatic heterocycles. The molecule has 1 aromatic carbocycles. The number of rotatable bonds is 4. The van der Waals surface area contributed by atoms with Gasteiger partial charge in [0.2, 0.25) is 0 Å². The minimum atomic E-state index is -1.02. The van der Waals surface area contributed by atoms with Crippen molar-refractivity contribution in [3.8, 4) is 5.75 Å². The Morgan fingerprint density at radius 3 is 2.67 bits per heavy atom. The molecule has 1 atom stereocenters. The number of amides is 1. The second kappa shape index (κ2) is 5.60. The summed E-state index contributed by atoms with van der Waals surface area (Å²) in [5.74, 6) is -2.90. The van der Waals surface area contributed by atoms with Gasteiger partial charge in [0.15, 0.2) is 0 Å². The van der Waals surface area contributed by atoms with Gasteiger partial charge in [-0.15, -0.1) is 0 Å². The molecule has 1 heterocycles. The zero-order valence-corrected chi connectivity index (χ0v) is 11.5. The van der Waals surface area contributed by atoms with Crippen molar-refractivity contribution in [2.24, 2.45) is 5.92 Å². The van der Waals surface area contributed by atoms with E-state index in [9.17, 15) is 18.7 Å². The van der Waals surface area contributed by atoms with Gasteiger partial charge < -0.3 is 14.7 Å². The normalized spacial score (nSPS) is 21.5. The van der Waals surface area contributed by atoms with Crippen LogP contribution in [-0.2, 0) is 4.74 Å². The second-order valence-electron chi connectivity index (χ2n) is 5.70. The first-order valence-corrected chi connectivity index (χ1v) is 7.13. The molecule has 1 N–H and O–H groups in total. The molecular formula is C15H17F2NO3. The number of nitrogens with zero attached hydrogens (tertiary/aromatic N) is 1. The summed E-state index contributed by atoms with van der Waals surface area (Å²) in [4.78, 5) is 14.1. The number of phenolic OH excluding ortho intramolecular Hbond substituents is 1. The van der Waals surface area contributed by atoms with Crippen LogP contribution < -0.4 is 0 Å². The maximum absolute atomic E-state index is 13.8. The predicted molar refractivity (Wildman–Crippen MR) is 71.0 cm³/mol. The molecule has 0 unspecified atom stereocenters. The number of ether oxygens (including phenoxy) is 1. The number of phenols is 1. The molecular weight excluding hydrogens is 280 g/mol. The van der Waals surface area contributed by atoms with Crippen LogP contribution >= 0.6 is 0 Å². The van der Waals surface area contributed by atoms with E-state index in [0.717, 1.165) is 25.3 Å². The minimum absolute atomic E-state index is 0.0851. The zero-order valence-electron chi connectivity index (χ0n) is 11.5. The van der Waals surface area contributed by atoms with Crippen LogP contribution in [0.4, 0.5) is 8.78 Å². The molecule has 6 heteroatoms. The van der Waals surface area contributed by atoms with Gasteiger partial charge in [0.25, 0.3) is 5.91 Å². The van der Waals surface area contributed by atoms with E-state index in [1.54, 1.807) is 4.90 Å². The topological polar surface area (TPSA) is 49.8 Å². The number of hydrogen-bond acceptors (Lipinski definition) is 3. The molecule has 1 saturated heterocycles. The van der Waals surface area contributed by atoms with E-state index in [4.69, 9.17) is 4.74 Å². The van der Waals surface area contributed by atoms with E-state index in [2.05, 4.69) is 0 Å². The fraction of sp³-hybridized carbons (Fsp3) is 0.533. The number of carbonyl (C=O) groups is 1. The molecule has 3 rings (SSSR count). The van der Waals surface area contributed by atoms with Crippen LogP contribution in [0.25, 0.3) is 0 Å². The predicted octanol–water partition coefficient (Wildman–Crippen LogP) is 2.31. The quantitative estimate of drug-likeness (QED) is 0.928. The third kappa shape index (κ3) is 3.00. The summed E-state index contributed by atoms with van der Waals surface area (Å²) in [6, 6.07) is 1.47. The maximum Gasteiger partial charge on any atom is 0.260 e. The maximum atomic E-state index is 13.8. The molecule has 21 heavy (non-hydrogen) atoms. The van der Waals surface area contributed by atoms with Crippen LogP contribution in [-0.4, -0.2) is 41.7 Å². The standard InChI is InChI=1S/C15H17F2NO3/c16-10-5-12(17)14(13(19)6-10)15(20)18(11-1-2-11)7-9-3-4-21-8-9/h5-6,9,11,19H,1-4,7-8H2/t9-/m0/s1. The highest BCUT2D eigenvalue weighted by atomic mass is 19.1. The van der Waals surface area contributed by atoms with Crippen LogP contribution in [0.5, 0.6) is 5.75 Å². The highest BCUT2D eigenvalue weighted by Crippen LogP contribution is 2.33. The van der Waals surface area contributed by atoms with E-state index < -0.39 is 28.9 Å². The third-order valence-corrected chi connectivity index (χ3v) is 3.98. The van der Waals surface area contributed by atoms with E-state index in [1.807, 2.05) is 0 Å². The van der Waals surface area contributed by atoms with Gasteiger partial charge in [0, 0.05) is 37.2 Å². The van der Waals surface area contributed by atoms with Crippen LogP contribution in [0, 0.1) is 17.6 Å². The fourth-order valence-electron chi connectivity index (χ4n) is 2.70.